The molecule has 108 valence electrons. The first-order valence-electron chi connectivity index (χ1n) is 6.89. The van der Waals surface area contributed by atoms with Gasteiger partial charge in [0.05, 0.1) is 13.0 Å². The van der Waals surface area contributed by atoms with Gasteiger partial charge in [0, 0.05) is 18.7 Å². The standard InChI is InChI=1S/C14H19ClN4O/c1-18-7-3-4-10(18)9-19-12(8-15)16-11-5-6-13(20-2)17-14(11)19/h5-6,10H,3-4,7-9H2,1-2H3. The summed E-state index contributed by atoms with van der Waals surface area (Å²) in [5, 5.41) is 0. The first kappa shape index (κ1) is 13.6. The van der Waals surface area contributed by atoms with E-state index in [2.05, 4.69) is 26.5 Å². The minimum Gasteiger partial charge on any atom is -0.481 e. The van der Waals surface area contributed by atoms with Crippen LogP contribution in [-0.2, 0) is 12.4 Å². The van der Waals surface area contributed by atoms with Crippen LogP contribution in [0.3, 0.4) is 0 Å². The van der Waals surface area contributed by atoms with Crippen LogP contribution in [0.4, 0.5) is 0 Å². The molecular formula is C14H19ClN4O. The van der Waals surface area contributed by atoms with Gasteiger partial charge in [-0.2, -0.15) is 4.98 Å². The van der Waals surface area contributed by atoms with E-state index in [9.17, 15) is 0 Å². The number of aromatic nitrogens is 3. The zero-order valence-corrected chi connectivity index (χ0v) is 12.6. The fraction of sp³-hybridized carbons (Fsp3) is 0.571. The van der Waals surface area contributed by atoms with E-state index in [0.717, 1.165) is 30.1 Å². The first-order chi connectivity index (χ1) is 9.72. The van der Waals surface area contributed by atoms with Gasteiger partial charge >= 0.3 is 0 Å². The molecule has 3 heterocycles. The molecular weight excluding hydrogens is 276 g/mol. The molecule has 1 saturated heterocycles. The van der Waals surface area contributed by atoms with E-state index in [1.165, 1.54) is 12.8 Å². The van der Waals surface area contributed by atoms with Gasteiger partial charge in [-0.05, 0) is 32.5 Å². The third kappa shape index (κ3) is 2.36. The molecule has 0 N–H and O–H groups in total. The molecule has 2 aromatic rings. The number of imidazole rings is 1. The van der Waals surface area contributed by atoms with E-state index < -0.39 is 0 Å². The van der Waals surface area contributed by atoms with Crippen molar-refractivity contribution < 1.29 is 4.74 Å². The van der Waals surface area contributed by atoms with Crippen LogP contribution in [0.2, 0.25) is 0 Å². The molecule has 0 amide bonds. The highest BCUT2D eigenvalue weighted by molar-refractivity contribution is 6.16. The third-order valence-corrected chi connectivity index (χ3v) is 4.28. The predicted octanol–water partition coefficient (Wildman–Crippen LogP) is 2.27. The number of likely N-dealkylation sites (N-methyl/N-ethyl adjacent to an activating group) is 1. The molecule has 0 spiro atoms. The van der Waals surface area contributed by atoms with Crippen LogP contribution in [0, 0.1) is 0 Å². The fourth-order valence-electron chi connectivity index (χ4n) is 2.86. The summed E-state index contributed by atoms with van der Waals surface area (Å²) in [4.78, 5) is 11.5. The Labute approximate surface area is 123 Å². The van der Waals surface area contributed by atoms with Crippen molar-refractivity contribution in [2.24, 2.45) is 0 Å². The number of alkyl halides is 1. The second kappa shape index (κ2) is 5.58. The van der Waals surface area contributed by atoms with Crippen molar-refractivity contribution in [3.63, 3.8) is 0 Å². The molecule has 1 aliphatic rings. The number of likely N-dealkylation sites (tertiary alicyclic amines) is 1. The van der Waals surface area contributed by atoms with Gasteiger partial charge in [-0.25, -0.2) is 4.98 Å². The van der Waals surface area contributed by atoms with Gasteiger partial charge in [0.25, 0.3) is 0 Å². The lowest BCUT2D eigenvalue weighted by Crippen LogP contribution is -2.29. The van der Waals surface area contributed by atoms with Gasteiger partial charge in [-0.1, -0.05) is 0 Å². The average Bonchev–Trinajstić information content (AvgIpc) is 3.03. The molecule has 0 bridgehead atoms. The lowest BCUT2D eigenvalue weighted by Gasteiger charge is -2.20. The van der Waals surface area contributed by atoms with Gasteiger partial charge in [0.1, 0.15) is 11.3 Å². The molecule has 5 nitrogen and oxygen atoms in total. The Morgan fingerprint density at radius 1 is 1.40 bits per heavy atom. The summed E-state index contributed by atoms with van der Waals surface area (Å²) in [5.41, 5.74) is 1.74. The molecule has 1 fully saturated rings. The van der Waals surface area contributed by atoms with Crippen molar-refractivity contribution in [2.45, 2.75) is 31.3 Å². The summed E-state index contributed by atoms with van der Waals surface area (Å²) < 4.78 is 7.35. The lowest BCUT2D eigenvalue weighted by molar-refractivity contribution is 0.282. The quantitative estimate of drug-likeness (QED) is 0.812. The second-order valence-corrected chi connectivity index (χ2v) is 5.51. The topological polar surface area (TPSA) is 43.2 Å². The maximum Gasteiger partial charge on any atom is 0.215 e. The number of halogens is 1. The van der Waals surface area contributed by atoms with E-state index in [-0.39, 0.29) is 0 Å². The number of fused-ring (bicyclic) bond motifs is 1. The second-order valence-electron chi connectivity index (χ2n) is 5.25. The van der Waals surface area contributed by atoms with Crippen molar-refractivity contribution >= 4 is 22.8 Å². The molecule has 1 aliphatic heterocycles. The minimum absolute atomic E-state index is 0.398. The van der Waals surface area contributed by atoms with E-state index >= 15 is 0 Å². The Kier molecular flexibility index (Phi) is 3.81. The zero-order chi connectivity index (χ0) is 14.1. The normalized spacial score (nSPS) is 19.9. The molecule has 0 aromatic carbocycles. The summed E-state index contributed by atoms with van der Waals surface area (Å²) in [6.07, 6.45) is 2.46. The Bertz CT molecular complexity index is 612. The molecule has 1 atom stereocenters. The van der Waals surface area contributed by atoms with E-state index in [0.29, 0.717) is 17.8 Å². The summed E-state index contributed by atoms with van der Waals surface area (Å²) in [6, 6.07) is 4.30. The average molecular weight is 295 g/mol. The van der Waals surface area contributed by atoms with Gasteiger partial charge in [-0.15, -0.1) is 11.6 Å². The van der Waals surface area contributed by atoms with E-state index in [1.807, 2.05) is 12.1 Å². The zero-order valence-electron chi connectivity index (χ0n) is 11.8. The number of pyridine rings is 1. The van der Waals surface area contributed by atoms with E-state index in [1.54, 1.807) is 7.11 Å². The lowest BCUT2D eigenvalue weighted by atomic mass is 10.2. The highest BCUT2D eigenvalue weighted by atomic mass is 35.5. The number of hydrogen-bond acceptors (Lipinski definition) is 4. The maximum atomic E-state index is 6.04. The molecule has 6 heteroatoms. The Hall–Kier alpha value is -1.33. The smallest absolute Gasteiger partial charge is 0.215 e. The van der Waals surface area contributed by atoms with Crippen LogP contribution >= 0.6 is 11.6 Å². The van der Waals surface area contributed by atoms with Crippen molar-refractivity contribution in [1.82, 2.24) is 19.4 Å². The molecule has 2 aromatic heterocycles. The number of ether oxygens (including phenoxy) is 1. The highest BCUT2D eigenvalue weighted by Gasteiger charge is 2.23. The van der Waals surface area contributed by atoms with E-state index in [4.69, 9.17) is 16.3 Å². The molecule has 0 radical (unpaired) electrons. The summed E-state index contributed by atoms with van der Waals surface area (Å²) in [6.45, 7) is 2.04. The van der Waals surface area contributed by atoms with Crippen LogP contribution in [0.5, 0.6) is 5.88 Å². The van der Waals surface area contributed by atoms with Crippen molar-refractivity contribution in [3.05, 3.63) is 18.0 Å². The molecule has 0 saturated carbocycles. The first-order valence-corrected chi connectivity index (χ1v) is 7.42. The summed E-state index contributed by atoms with van der Waals surface area (Å²) in [5.74, 6) is 1.89. The van der Waals surface area contributed by atoms with Crippen LogP contribution in [0.25, 0.3) is 11.2 Å². The van der Waals surface area contributed by atoms with Gasteiger partial charge in [0.15, 0.2) is 5.65 Å². The SMILES string of the molecule is COc1ccc2nc(CCl)n(CC3CCCN3C)c2n1. The Morgan fingerprint density at radius 3 is 2.90 bits per heavy atom. The molecule has 20 heavy (non-hydrogen) atoms. The van der Waals surface area contributed by atoms with Crippen molar-refractivity contribution in [2.75, 3.05) is 20.7 Å². The highest BCUT2D eigenvalue weighted by Crippen LogP contribution is 2.23. The van der Waals surface area contributed by atoms with Gasteiger partial charge in [0.2, 0.25) is 5.88 Å². The molecule has 0 aliphatic carbocycles. The largest absolute Gasteiger partial charge is 0.481 e. The number of rotatable bonds is 4. The predicted molar refractivity (Wildman–Crippen MR) is 79.3 cm³/mol. The fourth-order valence-corrected chi connectivity index (χ4v) is 3.06. The van der Waals surface area contributed by atoms with Crippen LogP contribution in [0.1, 0.15) is 18.7 Å². The molecule has 3 rings (SSSR count). The maximum absolute atomic E-state index is 6.04. The van der Waals surface area contributed by atoms with Gasteiger partial charge in [-0.3, -0.25) is 0 Å². The van der Waals surface area contributed by atoms with Gasteiger partial charge < -0.3 is 14.2 Å². The number of nitrogens with zero attached hydrogens (tertiary/aromatic N) is 4. The van der Waals surface area contributed by atoms with Crippen LogP contribution in [0.15, 0.2) is 12.1 Å². The van der Waals surface area contributed by atoms with Crippen LogP contribution < -0.4 is 4.74 Å². The molecule has 1 unspecified atom stereocenters. The van der Waals surface area contributed by atoms with Crippen LogP contribution in [-0.4, -0.2) is 46.2 Å². The Balaban J connectivity index is 2.01. The van der Waals surface area contributed by atoms with Crippen molar-refractivity contribution in [1.29, 1.82) is 0 Å². The third-order valence-electron chi connectivity index (χ3n) is 4.04. The monoisotopic (exact) mass is 294 g/mol. The summed E-state index contributed by atoms with van der Waals surface area (Å²) >= 11 is 6.04. The van der Waals surface area contributed by atoms with Crippen molar-refractivity contribution in [3.8, 4) is 5.88 Å². The Morgan fingerprint density at radius 2 is 2.25 bits per heavy atom. The minimum atomic E-state index is 0.398. The summed E-state index contributed by atoms with van der Waals surface area (Å²) in [7, 11) is 3.80. The number of hydrogen-bond donors (Lipinski definition) is 0. The number of methoxy groups -OCH3 is 1.